The zero-order chi connectivity index (χ0) is 39.7. The van der Waals surface area contributed by atoms with Gasteiger partial charge < -0.3 is 14.2 Å². The molecule has 3 aromatic rings. The number of benzene rings is 2. The van der Waals surface area contributed by atoms with E-state index in [9.17, 15) is 0 Å². The highest BCUT2D eigenvalue weighted by molar-refractivity contribution is 6.90. The molecule has 3 aliphatic heterocycles. The molecule has 292 valence electrons. The Labute approximate surface area is 342 Å². The molecule has 0 saturated carbocycles. The molecule has 57 heavy (non-hydrogen) atoms. The molecule has 2 aromatic carbocycles. The van der Waals surface area contributed by atoms with E-state index in [1.165, 1.54) is 55.6 Å². The zero-order valence-electron chi connectivity index (χ0n) is 36.3. The molecule has 1 fully saturated rings. The van der Waals surface area contributed by atoms with Crippen LogP contribution in [0, 0.1) is 28.6 Å². The van der Waals surface area contributed by atoms with E-state index in [2.05, 4.69) is 165 Å². The molecule has 0 radical (unpaired) electrons. The standard InChI is InChI=1S/C53H61BN2O/c1-50(2,3)30-23-24-37-40(27-30)55(39-20-16-22-44-45(39)34-18-13-15-21-43(34)57-44)41-28-32(52(7,8)9)29-42-47(41)54(37)38-26-31(51(4,5)6)25-35-46-49(56(42)48(35)38)33-17-12-14-19-36(33)53(46,10)11/h12-18,20,22,24-27,30,32,36,41,43H,19,21,23,28-29H2,1-11H3. The number of nitrogens with zero attached hydrogens (tertiary/aromatic N) is 2. The van der Waals surface area contributed by atoms with Crippen LogP contribution >= 0.6 is 0 Å². The lowest BCUT2D eigenvalue weighted by Gasteiger charge is -2.54. The van der Waals surface area contributed by atoms with Gasteiger partial charge in [0.1, 0.15) is 11.9 Å². The molecule has 4 heteroatoms. The van der Waals surface area contributed by atoms with Crippen LogP contribution in [0.2, 0.25) is 0 Å². The number of hydrogen-bond acceptors (Lipinski definition) is 2. The van der Waals surface area contributed by atoms with E-state index in [-0.39, 0.29) is 40.5 Å². The molecule has 0 spiro atoms. The molecule has 1 aromatic heterocycles. The second-order valence-corrected chi connectivity index (χ2v) is 22.5. The Kier molecular flexibility index (Phi) is 7.26. The average molecular weight is 753 g/mol. The van der Waals surface area contributed by atoms with Crippen molar-refractivity contribution in [2.24, 2.45) is 28.6 Å². The molecule has 4 heterocycles. The Bertz CT molecular complexity index is 2540. The molecule has 0 bridgehead atoms. The van der Waals surface area contributed by atoms with Gasteiger partial charge in [-0.15, -0.1) is 0 Å². The van der Waals surface area contributed by atoms with Crippen molar-refractivity contribution in [3.8, 4) is 5.75 Å². The lowest BCUT2D eigenvalue weighted by molar-refractivity contribution is 0.213. The van der Waals surface area contributed by atoms with Crippen molar-refractivity contribution in [3.63, 3.8) is 0 Å². The summed E-state index contributed by atoms with van der Waals surface area (Å²) in [5.74, 6) is 2.50. The van der Waals surface area contributed by atoms with E-state index in [1.54, 1.807) is 22.3 Å². The van der Waals surface area contributed by atoms with Crippen molar-refractivity contribution in [1.82, 2.24) is 4.57 Å². The van der Waals surface area contributed by atoms with E-state index < -0.39 is 0 Å². The molecule has 0 N–H and O–H groups in total. The number of allylic oxidation sites excluding steroid dienone is 10. The predicted octanol–water partition coefficient (Wildman–Crippen LogP) is 12.5. The first-order valence-corrected chi connectivity index (χ1v) is 22.2. The molecule has 11 rings (SSSR count). The second-order valence-electron chi connectivity index (χ2n) is 22.5. The normalized spacial score (nSPS) is 27.8. The number of ether oxygens (including phenoxy) is 1. The molecule has 8 aliphatic rings. The van der Waals surface area contributed by atoms with Crippen molar-refractivity contribution in [1.29, 1.82) is 0 Å². The highest BCUT2D eigenvalue weighted by Gasteiger charge is 2.56. The highest BCUT2D eigenvalue weighted by atomic mass is 16.5. The third kappa shape index (κ3) is 4.85. The monoisotopic (exact) mass is 752 g/mol. The summed E-state index contributed by atoms with van der Waals surface area (Å²) in [5, 5.41) is 1.51. The van der Waals surface area contributed by atoms with Crippen molar-refractivity contribution in [2.45, 2.75) is 131 Å². The van der Waals surface area contributed by atoms with Crippen LogP contribution in [0.5, 0.6) is 5.75 Å². The Morgan fingerprint density at radius 1 is 0.860 bits per heavy atom. The number of fused-ring (bicyclic) bond motifs is 12. The molecule has 5 atom stereocenters. The number of anilines is 1. The van der Waals surface area contributed by atoms with E-state index >= 15 is 0 Å². The first kappa shape index (κ1) is 35.9. The van der Waals surface area contributed by atoms with Crippen LogP contribution in [0.15, 0.2) is 95.6 Å². The Hall–Kier alpha value is -4.18. The van der Waals surface area contributed by atoms with Crippen LogP contribution in [0.1, 0.15) is 131 Å². The van der Waals surface area contributed by atoms with Gasteiger partial charge in [0.05, 0.1) is 17.4 Å². The molecular formula is C53H61BN2O. The van der Waals surface area contributed by atoms with Gasteiger partial charge in [-0.25, -0.2) is 0 Å². The molecule has 0 amide bonds. The van der Waals surface area contributed by atoms with Gasteiger partial charge in [0.15, 0.2) is 0 Å². The molecule has 5 aliphatic carbocycles. The van der Waals surface area contributed by atoms with Crippen LogP contribution in [0.25, 0.3) is 27.7 Å². The van der Waals surface area contributed by atoms with Crippen molar-refractivity contribution >= 4 is 45.6 Å². The fourth-order valence-electron chi connectivity index (χ4n) is 12.5. The maximum absolute atomic E-state index is 6.77. The summed E-state index contributed by atoms with van der Waals surface area (Å²) >= 11 is 0. The first-order chi connectivity index (χ1) is 26.9. The second kappa shape index (κ2) is 11.5. The van der Waals surface area contributed by atoms with Gasteiger partial charge in [-0.05, 0) is 116 Å². The van der Waals surface area contributed by atoms with Crippen LogP contribution in [0.4, 0.5) is 5.69 Å². The molecule has 3 nitrogen and oxygen atoms in total. The van der Waals surface area contributed by atoms with Gasteiger partial charge in [-0.3, -0.25) is 0 Å². The topological polar surface area (TPSA) is 17.4 Å². The zero-order valence-corrected chi connectivity index (χ0v) is 36.3. The summed E-state index contributed by atoms with van der Waals surface area (Å²) in [6, 6.07) is 12.4. The summed E-state index contributed by atoms with van der Waals surface area (Å²) < 4.78 is 9.65. The maximum atomic E-state index is 6.77. The summed E-state index contributed by atoms with van der Waals surface area (Å²) in [6.07, 6.45) is 24.9. The third-order valence-electron chi connectivity index (χ3n) is 15.8. The largest absolute Gasteiger partial charge is 0.485 e. The molecule has 5 unspecified atom stereocenters. The fraction of sp³-hybridized carbons (Fsp3) is 0.472. The van der Waals surface area contributed by atoms with Crippen LogP contribution < -0.4 is 15.1 Å². The minimum absolute atomic E-state index is 0.0227. The smallest absolute Gasteiger partial charge is 0.246 e. The van der Waals surface area contributed by atoms with Gasteiger partial charge in [0.25, 0.3) is 0 Å². The van der Waals surface area contributed by atoms with E-state index in [1.807, 2.05) is 0 Å². The van der Waals surface area contributed by atoms with E-state index in [0.29, 0.717) is 17.8 Å². The van der Waals surface area contributed by atoms with Crippen molar-refractivity contribution in [3.05, 3.63) is 118 Å². The summed E-state index contributed by atoms with van der Waals surface area (Å²) in [5.41, 5.74) is 19.7. The summed E-state index contributed by atoms with van der Waals surface area (Å²) in [4.78, 5) is 2.87. The van der Waals surface area contributed by atoms with E-state index in [4.69, 9.17) is 4.74 Å². The number of hydrogen-bond donors (Lipinski definition) is 0. The lowest BCUT2D eigenvalue weighted by atomic mass is 9.29. The number of rotatable bonds is 1. The number of aromatic nitrogens is 1. The maximum Gasteiger partial charge on any atom is 0.246 e. The van der Waals surface area contributed by atoms with Crippen LogP contribution in [0.3, 0.4) is 0 Å². The lowest BCUT2D eigenvalue weighted by Crippen LogP contribution is -2.58. The van der Waals surface area contributed by atoms with Crippen molar-refractivity contribution in [2.75, 3.05) is 4.90 Å². The first-order valence-electron chi connectivity index (χ1n) is 22.2. The Morgan fingerprint density at radius 3 is 2.35 bits per heavy atom. The van der Waals surface area contributed by atoms with Crippen LogP contribution in [-0.4, -0.2) is 23.4 Å². The van der Waals surface area contributed by atoms with Gasteiger partial charge >= 0.3 is 0 Å². The minimum Gasteiger partial charge on any atom is -0.485 e. The minimum atomic E-state index is 0.0227. The highest BCUT2D eigenvalue weighted by Crippen LogP contribution is 2.61. The molecule has 1 saturated heterocycles. The summed E-state index contributed by atoms with van der Waals surface area (Å²) in [6.45, 7) is 27.4. The van der Waals surface area contributed by atoms with Gasteiger partial charge in [-0.2, -0.15) is 0 Å². The third-order valence-corrected chi connectivity index (χ3v) is 15.8. The average Bonchev–Trinajstić information content (AvgIpc) is 3.79. The molecular weight excluding hydrogens is 691 g/mol. The summed E-state index contributed by atoms with van der Waals surface area (Å²) in [7, 11) is 0. The SMILES string of the molecule is CC(C)(C)c1cc2c3c(c1)c1c(n3C3=C4B2C2=CCC(C(C)(C)C)C=C2N(c2cccc5c2C2=CC=CCC2O5)C4CC(C(C)(C)C)C3)C2=CC=CCC2C1(C)C. The Morgan fingerprint density at radius 2 is 1.61 bits per heavy atom. The predicted molar refractivity (Wildman–Crippen MR) is 242 cm³/mol. The fourth-order valence-corrected chi connectivity index (χ4v) is 12.5. The van der Waals surface area contributed by atoms with Gasteiger partial charge in [0, 0.05) is 39.9 Å². The quantitative estimate of drug-likeness (QED) is 0.230. The van der Waals surface area contributed by atoms with Crippen molar-refractivity contribution < 1.29 is 4.74 Å². The Balaban J connectivity index is 1.27. The van der Waals surface area contributed by atoms with E-state index in [0.717, 1.165) is 37.9 Å². The van der Waals surface area contributed by atoms with Crippen LogP contribution in [-0.2, 0) is 10.8 Å². The van der Waals surface area contributed by atoms with Gasteiger partial charge in [-0.1, -0.05) is 137 Å². The van der Waals surface area contributed by atoms with Gasteiger partial charge in [0.2, 0.25) is 6.71 Å².